The Kier molecular flexibility index (Phi) is 12.9. The molecule has 520 valence electrons. The van der Waals surface area contributed by atoms with Crippen molar-refractivity contribution in [2.45, 2.75) is 52.4 Å². The molecule has 0 aliphatic carbocycles. The molecule has 0 saturated heterocycles. The lowest BCUT2D eigenvalue weighted by molar-refractivity contribution is 0.467. The molecule has 0 fully saturated rings. The quantitative estimate of drug-likeness (QED) is 0.0972. The Bertz CT molecular complexity index is 6970. The topological polar surface area (TPSA) is 100 Å². The minimum absolute atomic E-state index is 0.207. The highest BCUT2D eigenvalue weighted by Gasteiger charge is 2.49. The van der Waals surface area contributed by atoms with Crippen LogP contribution < -0.4 is 47.5 Å². The molecule has 21 rings (SSSR count). The molecule has 17 aromatic rings. The van der Waals surface area contributed by atoms with E-state index in [0.29, 0.717) is 11.4 Å². The zero-order chi connectivity index (χ0) is 77.1. The lowest BCUT2D eigenvalue weighted by atomic mass is 9.30. The normalized spacial score (nSPS) is 13.8. The molecular formula is C98H73B2N5O4. The van der Waals surface area contributed by atoms with Crippen molar-refractivity contribution in [3.63, 3.8) is 0 Å². The molecule has 4 aliphatic rings. The van der Waals surface area contributed by atoms with Gasteiger partial charge in [0, 0.05) is 84.3 Å². The van der Waals surface area contributed by atoms with Crippen LogP contribution in [0.4, 0.5) is 51.2 Å². The number of anilines is 9. The van der Waals surface area contributed by atoms with E-state index in [0.717, 1.165) is 150 Å². The van der Waals surface area contributed by atoms with Crippen molar-refractivity contribution in [2.75, 3.05) is 14.7 Å². The van der Waals surface area contributed by atoms with Crippen molar-refractivity contribution in [3.05, 3.63) is 320 Å². The van der Waals surface area contributed by atoms with Gasteiger partial charge in [-0.05, 0) is 184 Å². The zero-order valence-electron chi connectivity index (χ0n) is 64.8. The maximum atomic E-state index is 12.5. The molecule has 4 aliphatic heterocycles. The summed E-state index contributed by atoms with van der Waals surface area (Å²) in [6, 6.07) is 100. The first-order chi connectivity index (χ1) is 54.7. The minimum Gasteiger partial charge on any atom is -0.507 e. The number of para-hydroxylation sites is 5. The zero-order valence-corrected chi connectivity index (χ0v) is 60.8. The summed E-state index contributed by atoms with van der Waals surface area (Å²) < 4.78 is 40.3. The number of fused-ring (bicyclic) bond motifs is 18. The van der Waals surface area contributed by atoms with Crippen LogP contribution in [0, 0.1) is 0 Å². The van der Waals surface area contributed by atoms with Crippen LogP contribution in [0.25, 0.3) is 98.8 Å². The van der Waals surface area contributed by atoms with Crippen molar-refractivity contribution < 1.29 is 25.9 Å². The summed E-state index contributed by atoms with van der Waals surface area (Å²) in [5.41, 5.74) is 23.2. The fourth-order valence-electron chi connectivity index (χ4n) is 18.5. The predicted octanol–water partition coefficient (Wildman–Crippen LogP) is 20.8. The standard InChI is InChI=1S/C98H73B2N5O4/c1-97(2,3)60-52-82-92-83(53-60)104-77-44-24-23-39-71(77)69-37-21-19-35-67(69)68-36-20-22-38-70(68)72-42-26-43-74(94(72)104)100(92)76-56-75-79(57-80(76)102(82)63-33-17-10-18-34-63)101(62-31-15-9-16-32-62)81-51-61(98(4,5)6)54-84-91(81)99(75)73-46-45-64(103-95-87(108)49-47-85(106)89(95)90-86(107)48-50-88(109)96(90)103)55-78(73)105(84)93-65(58-27-11-7-12-28-58)40-25-41-66(93)59-29-13-8-14-30-59/h7-57,106-109H,1-6H3/i47D,48D,49D,50D. The molecule has 0 amide bonds. The number of hydrogen-bond acceptors (Lipinski definition) is 7. The summed E-state index contributed by atoms with van der Waals surface area (Å²) in [6.45, 7) is 12.8. The van der Waals surface area contributed by atoms with Crippen LogP contribution in [-0.4, -0.2) is 43.0 Å². The Morgan fingerprint density at radius 3 is 1.22 bits per heavy atom. The summed E-state index contributed by atoms with van der Waals surface area (Å²) in [7, 11) is 0. The van der Waals surface area contributed by atoms with E-state index >= 15 is 0 Å². The molecule has 0 unspecified atom stereocenters. The van der Waals surface area contributed by atoms with Gasteiger partial charge in [0.2, 0.25) is 0 Å². The van der Waals surface area contributed by atoms with Crippen LogP contribution in [-0.2, 0) is 10.8 Å². The summed E-state index contributed by atoms with van der Waals surface area (Å²) in [5, 5.41) is 55.7. The van der Waals surface area contributed by atoms with Crippen molar-refractivity contribution in [2.24, 2.45) is 0 Å². The number of phenolic OH excluding ortho intramolecular Hbond substituents is 4. The summed E-state index contributed by atoms with van der Waals surface area (Å²) >= 11 is 0. The van der Waals surface area contributed by atoms with Crippen LogP contribution >= 0.6 is 0 Å². The van der Waals surface area contributed by atoms with Crippen molar-refractivity contribution in [3.8, 4) is 56.6 Å². The van der Waals surface area contributed by atoms with Crippen LogP contribution in [0.3, 0.4) is 0 Å². The maximum Gasteiger partial charge on any atom is 0.252 e. The first-order valence-corrected chi connectivity index (χ1v) is 37.3. The molecule has 0 saturated carbocycles. The molecular weight excluding hydrogens is 1330 g/mol. The lowest BCUT2D eigenvalue weighted by Crippen LogP contribution is -2.65. The van der Waals surface area contributed by atoms with Gasteiger partial charge in [-0.15, -0.1) is 0 Å². The predicted molar refractivity (Wildman–Crippen MR) is 456 cm³/mol. The highest BCUT2D eigenvalue weighted by molar-refractivity contribution is 7.03. The lowest BCUT2D eigenvalue weighted by Gasteiger charge is -2.47. The van der Waals surface area contributed by atoms with Gasteiger partial charge in [0.1, 0.15) is 34.0 Å². The number of nitrogens with zero attached hydrogens (tertiary/aromatic N) is 5. The summed E-state index contributed by atoms with van der Waals surface area (Å²) in [4.78, 5) is 7.40. The molecule has 15 aromatic carbocycles. The Hall–Kier alpha value is -13.4. The van der Waals surface area contributed by atoms with Crippen molar-refractivity contribution in [1.29, 1.82) is 0 Å². The fourth-order valence-corrected chi connectivity index (χ4v) is 18.5. The molecule has 6 heterocycles. The molecule has 0 radical (unpaired) electrons. The second-order valence-corrected chi connectivity index (χ2v) is 31.4. The monoisotopic (exact) mass is 1410 g/mol. The highest BCUT2D eigenvalue weighted by Crippen LogP contribution is 2.55. The second-order valence-electron chi connectivity index (χ2n) is 31.4. The Balaban J connectivity index is 0.952. The van der Waals surface area contributed by atoms with Crippen molar-refractivity contribution >= 4 is 163 Å². The first-order valence-electron chi connectivity index (χ1n) is 39.3. The second kappa shape index (κ2) is 23.6. The van der Waals surface area contributed by atoms with Gasteiger partial charge in [0.15, 0.2) is 0 Å². The summed E-state index contributed by atoms with van der Waals surface area (Å²) in [6.07, 6.45) is 0. The number of rotatable bonds is 6. The molecule has 4 N–H and O–H groups in total. The average Bonchev–Trinajstić information content (AvgIpc) is 0.931. The van der Waals surface area contributed by atoms with E-state index in [1.54, 1.807) is 0 Å². The maximum absolute atomic E-state index is 12.5. The molecule has 109 heavy (non-hydrogen) atoms. The molecule has 2 aromatic heterocycles. The molecule has 0 bridgehead atoms. The number of hydrogen-bond donors (Lipinski definition) is 4. The van der Waals surface area contributed by atoms with Crippen LogP contribution in [0.15, 0.2) is 309 Å². The van der Waals surface area contributed by atoms with E-state index in [9.17, 15) is 23.2 Å². The van der Waals surface area contributed by atoms with Gasteiger partial charge in [-0.3, -0.25) is 0 Å². The Morgan fingerprint density at radius 1 is 0.294 bits per heavy atom. The van der Waals surface area contributed by atoms with E-state index in [2.05, 4.69) is 322 Å². The third-order valence-corrected chi connectivity index (χ3v) is 23.3. The Morgan fingerprint density at radius 2 is 0.697 bits per heavy atom. The summed E-state index contributed by atoms with van der Waals surface area (Å²) in [5.74, 6) is -2.92. The molecule has 0 atom stereocenters. The van der Waals surface area contributed by atoms with Gasteiger partial charge < -0.3 is 44.3 Å². The minimum atomic E-state index is -0.748. The number of aromatic nitrogens is 2. The van der Waals surface area contributed by atoms with Gasteiger partial charge in [0.05, 0.1) is 27.5 Å². The SMILES string of the molecule is [2H]c1c([2H])c(O)c2c(c1O)c1c(O)c([2H])c([2H])c(O)c1n2-c1ccc2c(c1)N(c1c(-c3ccccc3)cccc1-c1ccccc1)c1cc(C(C)(C)C)cc3c1B2c1cc2c(cc1N3c1ccccc1)N(c1ccccc1)c1cc(C(C)(C)C)cc3c1B2c1cccc2c4ccccc4c4ccccc4c4ccccc4n-3c12. The smallest absolute Gasteiger partial charge is 0.252 e. The van der Waals surface area contributed by atoms with Crippen LogP contribution in [0.2, 0.25) is 0 Å². The molecule has 0 spiro atoms. The molecule has 9 nitrogen and oxygen atoms in total. The first kappa shape index (κ1) is 59.8. The van der Waals surface area contributed by atoms with Gasteiger partial charge in [-0.1, -0.05) is 254 Å². The number of benzene rings is 15. The van der Waals surface area contributed by atoms with E-state index in [4.69, 9.17) is 2.74 Å². The van der Waals surface area contributed by atoms with Crippen LogP contribution in [0.5, 0.6) is 23.0 Å². The van der Waals surface area contributed by atoms with Gasteiger partial charge in [-0.25, -0.2) is 0 Å². The van der Waals surface area contributed by atoms with Gasteiger partial charge >= 0.3 is 0 Å². The van der Waals surface area contributed by atoms with E-state index in [-0.39, 0.29) is 33.9 Å². The third kappa shape index (κ3) is 9.35. The fraction of sp³-hybridized carbons (Fsp3) is 0.0816. The Labute approximate surface area is 638 Å². The van der Waals surface area contributed by atoms with Gasteiger partial charge in [-0.2, -0.15) is 0 Å². The molecule has 11 heteroatoms. The average molecular weight is 1410 g/mol. The van der Waals surface area contributed by atoms with Crippen molar-refractivity contribution in [1.82, 2.24) is 9.13 Å². The van der Waals surface area contributed by atoms with E-state index < -0.39 is 59.3 Å². The van der Waals surface area contributed by atoms with Gasteiger partial charge in [0.25, 0.3) is 13.4 Å². The largest absolute Gasteiger partial charge is 0.507 e. The van der Waals surface area contributed by atoms with E-state index in [1.165, 1.54) is 15.6 Å². The number of aromatic hydroxyl groups is 4. The number of phenols is 4. The van der Waals surface area contributed by atoms with Crippen LogP contribution in [0.1, 0.15) is 58.2 Å². The highest BCUT2D eigenvalue weighted by atomic mass is 16.3. The van der Waals surface area contributed by atoms with E-state index in [1.807, 2.05) is 24.3 Å². The third-order valence-electron chi connectivity index (χ3n) is 23.3.